The minimum Gasteiger partial charge on any atom is -0.839 e. The Labute approximate surface area is 129 Å². The van der Waals surface area contributed by atoms with Crippen LogP contribution in [0.25, 0.3) is 16.4 Å². The van der Waals surface area contributed by atoms with Crippen LogP contribution in [-0.4, -0.2) is 10.7 Å². The van der Waals surface area contributed by atoms with E-state index in [0.29, 0.717) is 12.8 Å². The van der Waals surface area contributed by atoms with Crippen LogP contribution < -0.4 is 9.67 Å². The normalized spacial score (nSPS) is 11.3. The summed E-state index contributed by atoms with van der Waals surface area (Å²) in [6.07, 6.45) is 6.85. The Balaban J connectivity index is 2.17. The highest BCUT2D eigenvalue weighted by Gasteiger charge is 2.21. The molecule has 0 saturated carbocycles. The van der Waals surface area contributed by atoms with Gasteiger partial charge in [-0.3, -0.25) is 4.79 Å². The van der Waals surface area contributed by atoms with E-state index in [1.807, 2.05) is 36.5 Å². The van der Waals surface area contributed by atoms with E-state index >= 15 is 0 Å². The first kappa shape index (κ1) is 14.6. The fourth-order valence-corrected chi connectivity index (χ4v) is 3.02. The standard InChI is InChI=1S/C18H20N2O2/c1-2-3-4-7-11-20-17-15-9-6-5-8-14(15)10-12-19(17)16(13-21)18(20)22/h5-6,8-10,12-13H,2-4,7,11H2,1H3. The monoisotopic (exact) mass is 296 g/mol. The molecule has 0 unspecified atom stereocenters. The summed E-state index contributed by atoms with van der Waals surface area (Å²) in [6.45, 7) is 2.82. The lowest BCUT2D eigenvalue weighted by atomic mass is 10.1. The maximum atomic E-state index is 12.5. The molecule has 4 heteroatoms. The molecule has 0 fully saturated rings. The van der Waals surface area contributed by atoms with Crippen LogP contribution in [0.5, 0.6) is 5.88 Å². The Kier molecular flexibility index (Phi) is 4.09. The fourth-order valence-electron chi connectivity index (χ4n) is 3.02. The Morgan fingerprint density at radius 3 is 2.77 bits per heavy atom. The Morgan fingerprint density at radius 1 is 1.18 bits per heavy atom. The first-order chi connectivity index (χ1) is 10.8. The largest absolute Gasteiger partial charge is 0.839 e. The molecule has 0 saturated heterocycles. The molecule has 1 aromatic carbocycles. The number of carbonyl (C=O) groups is 1. The average molecular weight is 296 g/mol. The van der Waals surface area contributed by atoms with Crippen LogP contribution in [0.1, 0.15) is 43.1 Å². The summed E-state index contributed by atoms with van der Waals surface area (Å²) in [5.74, 6) is -0.192. The molecule has 0 atom stereocenters. The predicted molar refractivity (Wildman–Crippen MR) is 84.1 cm³/mol. The molecule has 22 heavy (non-hydrogen) atoms. The van der Waals surface area contributed by atoms with E-state index in [1.54, 1.807) is 8.97 Å². The first-order valence-corrected chi connectivity index (χ1v) is 7.85. The molecule has 4 nitrogen and oxygen atoms in total. The summed E-state index contributed by atoms with van der Waals surface area (Å²) in [5.41, 5.74) is 1.03. The first-order valence-electron chi connectivity index (χ1n) is 7.85. The maximum absolute atomic E-state index is 12.5. The zero-order valence-corrected chi connectivity index (χ0v) is 12.8. The third-order valence-electron chi connectivity index (χ3n) is 4.16. The molecule has 0 aliphatic carbocycles. The van der Waals surface area contributed by atoms with Gasteiger partial charge in [-0.05, 0) is 30.4 Å². The SMILES string of the molecule is CCCCCC[n+]1c([O-])c(C=O)n2ccc3ccccc3c21. The minimum atomic E-state index is -0.192. The zero-order valence-electron chi connectivity index (χ0n) is 12.8. The van der Waals surface area contributed by atoms with Crippen molar-refractivity contribution in [3.8, 4) is 5.88 Å². The predicted octanol–water partition coefficient (Wildman–Crippen LogP) is 2.85. The van der Waals surface area contributed by atoms with Gasteiger partial charge >= 0.3 is 0 Å². The molecule has 0 N–H and O–H groups in total. The van der Waals surface area contributed by atoms with E-state index in [9.17, 15) is 9.90 Å². The van der Waals surface area contributed by atoms with Gasteiger partial charge in [0.15, 0.2) is 6.29 Å². The van der Waals surface area contributed by atoms with Crippen molar-refractivity contribution in [3.05, 3.63) is 42.2 Å². The van der Waals surface area contributed by atoms with Crippen molar-refractivity contribution in [2.45, 2.75) is 39.2 Å². The second kappa shape index (κ2) is 6.18. The van der Waals surface area contributed by atoms with E-state index in [2.05, 4.69) is 6.92 Å². The van der Waals surface area contributed by atoms with Crippen LogP contribution >= 0.6 is 0 Å². The number of aldehydes is 1. The van der Waals surface area contributed by atoms with Crippen LogP contribution in [0.3, 0.4) is 0 Å². The van der Waals surface area contributed by atoms with E-state index in [1.165, 1.54) is 6.42 Å². The van der Waals surface area contributed by atoms with E-state index < -0.39 is 0 Å². The van der Waals surface area contributed by atoms with E-state index in [4.69, 9.17) is 0 Å². The van der Waals surface area contributed by atoms with E-state index in [-0.39, 0.29) is 11.6 Å². The minimum absolute atomic E-state index is 0.192. The lowest BCUT2D eigenvalue weighted by Gasteiger charge is -2.06. The summed E-state index contributed by atoms with van der Waals surface area (Å²) in [6, 6.07) is 9.90. The molecule has 114 valence electrons. The molecule has 3 aromatic rings. The molecule has 0 radical (unpaired) electrons. The molecule has 0 aliphatic rings. The maximum Gasteiger partial charge on any atom is 0.294 e. The summed E-state index contributed by atoms with van der Waals surface area (Å²) < 4.78 is 3.47. The van der Waals surface area contributed by atoms with Gasteiger partial charge in [0.25, 0.3) is 5.65 Å². The second-order valence-electron chi connectivity index (χ2n) is 5.62. The van der Waals surface area contributed by atoms with Crippen molar-refractivity contribution < 1.29 is 14.5 Å². The molecule has 0 amide bonds. The number of pyridine rings is 1. The Morgan fingerprint density at radius 2 is 2.00 bits per heavy atom. The number of fused-ring (bicyclic) bond motifs is 3. The number of aromatic nitrogens is 2. The molecule has 0 bridgehead atoms. The van der Waals surface area contributed by atoms with Crippen molar-refractivity contribution in [1.82, 2.24) is 4.40 Å². The number of imidazole rings is 1. The number of benzene rings is 1. The van der Waals surface area contributed by atoms with Crippen molar-refractivity contribution >= 4 is 22.7 Å². The molecular weight excluding hydrogens is 276 g/mol. The molecule has 0 spiro atoms. The molecule has 3 rings (SSSR count). The number of carbonyl (C=O) groups excluding carboxylic acids is 1. The summed E-state index contributed by atoms with van der Waals surface area (Å²) >= 11 is 0. The average Bonchev–Trinajstić information content (AvgIpc) is 2.83. The number of hydrogen-bond acceptors (Lipinski definition) is 2. The van der Waals surface area contributed by atoms with Crippen molar-refractivity contribution in [2.75, 3.05) is 0 Å². The van der Waals surface area contributed by atoms with Crippen LogP contribution in [0.4, 0.5) is 0 Å². The number of aryl methyl sites for hydroxylation is 1. The smallest absolute Gasteiger partial charge is 0.294 e. The summed E-state index contributed by atoms with van der Waals surface area (Å²) in [4.78, 5) is 11.3. The van der Waals surface area contributed by atoms with Gasteiger partial charge in [0.05, 0.1) is 18.1 Å². The van der Waals surface area contributed by atoms with Crippen LogP contribution in [0, 0.1) is 0 Å². The van der Waals surface area contributed by atoms with Crippen molar-refractivity contribution in [1.29, 1.82) is 0 Å². The topological polar surface area (TPSA) is 48.4 Å². The third-order valence-corrected chi connectivity index (χ3v) is 4.16. The van der Waals surface area contributed by atoms with Gasteiger partial charge in [-0.15, -0.1) is 0 Å². The highest BCUT2D eigenvalue weighted by atomic mass is 16.3. The molecular formula is C18H20N2O2. The molecule has 2 heterocycles. The number of hydrogen-bond donors (Lipinski definition) is 0. The Hall–Kier alpha value is -2.36. The third kappa shape index (κ3) is 2.34. The van der Waals surface area contributed by atoms with Crippen LogP contribution in [0.2, 0.25) is 0 Å². The van der Waals surface area contributed by atoms with Crippen molar-refractivity contribution in [2.24, 2.45) is 0 Å². The number of unbranched alkanes of at least 4 members (excludes halogenated alkanes) is 3. The Bertz CT molecular complexity index is 821. The van der Waals surface area contributed by atoms with Gasteiger partial charge in [0, 0.05) is 0 Å². The van der Waals surface area contributed by atoms with Crippen LogP contribution in [0.15, 0.2) is 36.5 Å². The van der Waals surface area contributed by atoms with Gasteiger partial charge in [0.2, 0.25) is 5.69 Å². The second-order valence-corrected chi connectivity index (χ2v) is 5.62. The van der Waals surface area contributed by atoms with Gasteiger partial charge < -0.3 is 5.11 Å². The molecule has 2 aromatic heterocycles. The number of nitrogens with zero attached hydrogens (tertiary/aromatic N) is 2. The fraction of sp³-hybridized carbons (Fsp3) is 0.333. The highest BCUT2D eigenvalue weighted by molar-refractivity contribution is 5.94. The van der Waals surface area contributed by atoms with Gasteiger partial charge in [-0.25, -0.2) is 4.57 Å². The molecule has 0 aliphatic heterocycles. The quantitative estimate of drug-likeness (QED) is 0.399. The summed E-state index contributed by atoms with van der Waals surface area (Å²) in [5, 5.41) is 14.6. The lowest BCUT2D eigenvalue weighted by molar-refractivity contribution is -0.711. The van der Waals surface area contributed by atoms with Gasteiger partial charge in [0.1, 0.15) is 5.88 Å². The van der Waals surface area contributed by atoms with Crippen LogP contribution in [-0.2, 0) is 6.54 Å². The van der Waals surface area contributed by atoms with Crippen molar-refractivity contribution in [3.63, 3.8) is 0 Å². The van der Waals surface area contributed by atoms with Gasteiger partial charge in [-0.1, -0.05) is 38.0 Å². The highest BCUT2D eigenvalue weighted by Crippen LogP contribution is 2.22. The van der Waals surface area contributed by atoms with E-state index in [0.717, 1.165) is 35.7 Å². The zero-order chi connectivity index (χ0) is 15.5. The van der Waals surface area contributed by atoms with Gasteiger partial charge in [-0.2, -0.15) is 4.40 Å². The lowest BCUT2D eigenvalue weighted by Crippen LogP contribution is -2.36. The number of rotatable bonds is 6. The summed E-state index contributed by atoms with van der Waals surface area (Å²) in [7, 11) is 0.